The van der Waals surface area contributed by atoms with Gasteiger partial charge in [-0.05, 0) is 43.9 Å². The molecule has 0 fully saturated rings. The fourth-order valence-electron chi connectivity index (χ4n) is 3.17. The summed E-state index contributed by atoms with van der Waals surface area (Å²) in [6, 6.07) is 16.4. The minimum absolute atomic E-state index is 0.0185. The first-order valence-electron chi connectivity index (χ1n) is 8.59. The van der Waals surface area contributed by atoms with E-state index in [2.05, 4.69) is 50.1 Å². The van der Waals surface area contributed by atoms with E-state index in [-0.39, 0.29) is 5.56 Å². The van der Waals surface area contributed by atoms with Crippen LogP contribution in [0.4, 0.5) is 0 Å². The predicted molar refractivity (Wildman–Crippen MR) is 99.9 cm³/mol. The van der Waals surface area contributed by atoms with Crippen LogP contribution in [-0.2, 0) is 6.42 Å². The summed E-state index contributed by atoms with van der Waals surface area (Å²) < 4.78 is 1.96. The number of unbranched alkanes of at least 4 members (excludes halogenated alkanes) is 1. The van der Waals surface area contributed by atoms with Crippen LogP contribution in [0.2, 0.25) is 0 Å². The van der Waals surface area contributed by atoms with Crippen LogP contribution >= 0.6 is 0 Å². The van der Waals surface area contributed by atoms with Crippen molar-refractivity contribution >= 4 is 0 Å². The van der Waals surface area contributed by atoms with Gasteiger partial charge in [-0.25, -0.2) is 0 Å². The van der Waals surface area contributed by atoms with Crippen molar-refractivity contribution in [3.63, 3.8) is 0 Å². The summed E-state index contributed by atoms with van der Waals surface area (Å²) in [6.07, 6.45) is 2.89. The first kappa shape index (κ1) is 16.3. The highest BCUT2D eigenvalue weighted by Gasteiger charge is 2.19. The molecule has 0 amide bonds. The van der Waals surface area contributed by atoms with E-state index in [0.29, 0.717) is 0 Å². The van der Waals surface area contributed by atoms with Gasteiger partial charge in [0.25, 0.3) is 5.56 Å². The molecule has 1 heterocycles. The highest BCUT2D eigenvalue weighted by atomic mass is 16.1. The lowest BCUT2D eigenvalue weighted by Crippen LogP contribution is -2.07. The van der Waals surface area contributed by atoms with Crippen molar-refractivity contribution in [1.82, 2.24) is 9.78 Å². The number of aryl methyl sites for hydroxylation is 2. The monoisotopic (exact) mass is 320 g/mol. The number of aromatic amines is 1. The average Bonchev–Trinajstić information content (AvgIpc) is 2.90. The Balaban J connectivity index is 2.29. The maximum atomic E-state index is 12.7. The molecule has 0 unspecified atom stereocenters. The Morgan fingerprint density at radius 1 is 0.958 bits per heavy atom. The summed E-state index contributed by atoms with van der Waals surface area (Å²) in [5.74, 6) is 0. The van der Waals surface area contributed by atoms with E-state index in [4.69, 9.17) is 0 Å². The molecule has 0 saturated heterocycles. The molecule has 0 bridgehead atoms. The van der Waals surface area contributed by atoms with E-state index < -0.39 is 0 Å². The largest absolute Gasteiger partial charge is 0.268 e. The summed E-state index contributed by atoms with van der Waals surface area (Å²) in [5.41, 5.74) is 6.36. The van der Waals surface area contributed by atoms with Crippen molar-refractivity contribution in [1.29, 1.82) is 0 Å². The van der Waals surface area contributed by atoms with Gasteiger partial charge in [0.1, 0.15) is 0 Å². The van der Waals surface area contributed by atoms with Crippen LogP contribution < -0.4 is 5.56 Å². The summed E-state index contributed by atoms with van der Waals surface area (Å²) >= 11 is 0. The number of aromatic nitrogens is 2. The van der Waals surface area contributed by atoms with E-state index in [1.54, 1.807) is 0 Å². The van der Waals surface area contributed by atoms with Gasteiger partial charge in [-0.1, -0.05) is 55.8 Å². The second kappa shape index (κ2) is 6.91. The molecule has 24 heavy (non-hydrogen) atoms. The molecule has 3 nitrogen and oxygen atoms in total. The molecule has 2 aromatic carbocycles. The quantitative estimate of drug-likeness (QED) is 0.721. The van der Waals surface area contributed by atoms with Crippen molar-refractivity contribution in [2.24, 2.45) is 0 Å². The van der Waals surface area contributed by atoms with Gasteiger partial charge in [0.05, 0.1) is 11.4 Å². The van der Waals surface area contributed by atoms with Crippen LogP contribution in [0.15, 0.2) is 53.3 Å². The van der Waals surface area contributed by atoms with Crippen molar-refractivity contribution in [3.8, 4) is 16.9 Å². The summed E-state index contributed by atoms with van der Waals surface area (Å²) in [5, 5.41) is 3.07. The van der Waals surface area contributed by atoms with Crippen LogP contribution in [0.3, 0.4) is 0 Å². The highest BCUT2D eigenvalue weighted by Crippen LogP contribution is 2.29. The Bertz CT molecular complexity index is 902. The number of hydrogen-bond acceptors (Lipinski definition) is 1. The SMILES string of the molecule is CCCCc1c(-c2ccccc2C)n(-c2ccccc2C)[nH]c1=O. The third-order valence-corrected chi connectivity index (χ3v) is 4.53. The molecule has 1 aromatic heterocycles. The molecule has 124 valence electrons. The Morgan fingerprint density at radius 3 is 2.29 bits per heavy atom. The highest BCUT2D eigenvalue weighted by molar-refractivity contribution is 5.69. The third-order valence-electron chi connectivity index (χ3n) is 4.53. The third kappa shape index (κ3) is 2.94. The minimum atomic E-state index is 0.0185. The zero-order chi connectivity index (χ0) is 17.1. The maximum Gasteiger partial charge on any atom is 0.268 e. The maximum absolute atomic E-state index is 12.7. The van der Waals surface area contributed by atoms with E-state index in [1.165, 1.54) is 5.56 Å². The molecule has 3 aromatic rings. The van der Waals surface area contributed by atoms with Gasteiger partial charge in [0.2, 0.25) is 0 Å². The lowest BCUT2D eigenvalue weighted by Gasteiger charge is -2.14. The minimum Gasteiger partial charge on any atom is -0.268 e. The molecule has 0 radical (unpaired) electrons. The van der Waals surface area contributed by atoms with Gasteiger partial charge >= 0.3 is 0 Å². The average molecular weight is 320 g/mol. The Labute approximate surface area is 143 Å². The molecule has 0 aliphatic carbocycles. The zero-order valence-corrected chi connectivity index (χ0v) is 14.6. The summed E-state index contributed by atoms with van der Waals surface area (Å²) in [7, 11) is 0. The molecular weight excluding hydrogens is 296 g/mol. The van der Waals surface area contributed by atoms with Crippen LogP contribution in [0, 0.1) is 13.8 Å². The van der Waals surface area contributed by atoms with E-state index >= 15 is 0 Å². The smallest absolute Gasteiger partial charge is 0.268 e. The van der Waals surface area contributed by atoms with Gasteiger partial charge in [-0.2, -0.15) is 0 Å². The van der Waals surface area contributed by atoms with E-state index in [0.717, 1.165) is 47.3 Å². The normalized spacial score (nSPS) is 11.0. The number of benzene rings is 2. The first-order valence-corrected chi connectivity index (χ1v) is 8.59. The molecule has 3 rings (SSSR count). The van der Waals surface area contributed by atoms with Gasteiger partial charge in [-0.3, -0.25) is 14.6 Å². The molecule has 0 aliphatic heterocycles. The molecule has 0 spiro atoms. The number of H-pyrrole nitrogens is 1. The first-order chi connectivity index (χ1) is 11.6. The van der Waals surface area contributed by atoms with Gasteiger partial charge < -0.3 is 0 Å². The Morgan fingerprint density at radius 2 is 1.62 bits per heavy atom. The fraction of sp³-hybridized carbons (Fsp3) is 0.286. The number of nitrogens with one attached hydrogen (secondary N) is 1. The van der Waals surface area contributed by atoms with Crippen LogP contribution in [0.5, 0.6) is 0 Å². The van der Waals surface area contributed by atoms with Crippen molar-refractivity contribution in [2.75, 3.05) is 0 Å². The number of para-hydroxylation sites is 1. The van der Waals surface area contributed by atoms with Crippen LogP contribution in [-0.4, -0.2) is 9.78 Å². The standard InChI is InChI=1S/C21H24N2O/c1-4-5-12-18-20(17-13-8-6-10-15(17)2)23(22-21(18)24)19-14-9-7-11-16(19)3/h6-11,13-14H,4-5,12H2,1-3H3,(H,22,24). The second-order valence-electron chi connectivity index (χ2n) is 6.31. The second-order valence-corrected chi connectivity index (χ2v) is 6.31. The van der Waals surface area contributed by atoms with Crippen LogP contribution in [0.25, 0.3) is 16.9 Å². The number of nitrogens with zero attached hydrogens (tertiary/aromatic N) is 1. The molecule has 0 atom stereocenters. The van der Waals surface area contributed by atoms with Gasteiger partial charge in [0.15, 0.2) is 0 Å². The zero-order valence-electron chi connectivity index (χ0n) is 14.6. The fourth-order valence-corrected chi connectivity index (χ4v) is 3.17. The Hall–Kier alpha value is -2.55. The van der Waals surface area contributed by atoms with Gasteiger partial charge in [-0.15, -0.1) is 0 Å². The van der Waals surface area contributed by atoms with Crippen molar-refractivity contribution in [3.05, 3.63) is 75.6 Å². The van der Waals surface area contributed by atoms with Crippen molar-refractivity contribution in [2.45, 2.75) is 40.0 Å². The number of rotatable bonds is 5. The van der Waals surface area contributed by atoms with Crippen molar-refractivity contribution < 1.29 is 0 Å². The predicted octanol–water partition coefficient (Wildman–Crippen LogP) is 4.79. The lowest BCUT2D eigenvalue weighted by atomic mass is 9.99. The molecular formula is C21H24N2O. The van der Waals surface area contributed by atoms with E-state index in [9.17, 15) is 4.79 Å². The topological polar surface area (TPSA) is 37.8 Å². The molecule has 1 N–H and O–H groups in total. The van der Waals surface area contributed by atoms with Gasteiger partial charge in [0, 0.05) is 11.1 Å². The Kier molecular flexibility index (Phi) is 4.70. The lowest BCUT2D eigenvalue weighted by molar-refractivity contribution is 0.792. The number of hydrogen-bond donors (Lipinski definition) is 1. The summed E-state index contributed by atoms with van der Waals surface area (Å²) in [6.45, 7) is 6.32. The molecule has 0 saturated carbocycles. The molecule has 0 aliphatic rings. The van der Waals surface area contributed by atoms with Crippen LogP contribution in [0.1, 0.15) is 36.5 Å². The summed E-state index contributed by atoms with van der Waals surface area (Å²) in [4.78, 5) is 12.7. The molecule has 3 heteroatoms. The van der Waals surface area contributed by atoms with E-state index in [1.807, 2.05) is 28.9 Å².